The molecule has 0 aliphatic rings. The Balaban J connectivity index is 2.88. The molecule has 0 amide bonds. The van der Waals surface area contributed by atoms with E-state index in [2.05, 4.69) is 4.98 Å². The molecule has 15 heavy (non-hydrogen) atoms. The van der Waals surface area contributed by atoms with E-state index in [-0.39, 0.29) is 5.78 Å². The molecule has 1 heterocycles. The molecule has 0 saturated carbocycles. The Hall–Kier alpha value is -1.35. The van der Waals surface area contributed by atoms with Crippen LogP contribution in [0.25, 0.3) is 10.9 Å². The maximum Gasteiger partial charge on any atom is 0.176 e. The summed E-state index contributed by atoms with van der Waals surface area (Å²) < 4.78 is 13.1. The predicted octanol–water partition coefficient (Wildman–Crippen LogP) is 3.47. The minimum Gasteiger partial charge on any atom is -0.351 e. The van der Waals surface area contributed by atoms with Gasteiger partial charge in [-0.1, -0.05) is 11.6 Å². The second kappa shape index (κ2) is 3.35. The van der Waals surface area contributed by atoms with E-state index >= 15 is 0 Å². The summed E-state index contributed by atoms with van der Waals surface area (Å²) in [5.41, 5.74) is 1.83. The number of aromatic amines is 1. The Labute approximate surface area is 91.0 Å². The molecule has 0 bridgehead atoms. The van der Waals surface area contributed by atoms with E-state index in [0.29, 0.717) is 21.6 Å². The predicted molar refractivity (Wildman–Crippen MR) is 58.0 cm³/mol. The second-order valence-corrected chi connectivity index (χ2v) is 3.90. The summed E-state index contributed by atoms with van der Waals surface area (Å²) in [6, 6.07) is 2.60. The van der Waals surface area contributed by atoms with Crippen LogP contribution in [0.1, 0.15) is 23.0 Å². The molecule has 0 spiro atoms. The molecule has 4 heteroatoms. The summed E-state index contributed by atoms with van der Waals surface area (Å²) >= 11 is 5.87. The highest BCUT2D eigenvalue weighted by molar-refractivity contribution is 6.35. The van der Waals surface area contributed by atoms with Crippen LogP contribution >= 0.6 is 11.6 Å². The van der Waals surface area contributed by atoms with Crippen LogP contribution in [-0.4, -0.2) is 10.8 Å². The van der Waals surface area contributed by atoms with Gasteiger partial charge in [0.05, 0.1) is 16.2 Å². The van der Waals surface area contributed by atoms with Crippen LogP contribution in [0.15, 0.2) is 12.1 Å². The van der Waals surface area contributed by atoms with Crippen molar-refractivity contribution in [1.82, 2.24) is 4.98 Å². The van der Waals surface area contributed by atoms with Gasteiger partial charge in [0.25, 0.3) is 0 Å². The van der Waals surface area contributed by atoms with Crippen molar-refractivity contribution in [3.8, 4) is 0 Å². The third-order valence-electron chi connectivity index (χ3n) is 2.44. The zero-order valence-electron chi connectivity index (χ0n) is 8.32. The first-order chi connectivity index (χ1) is 7.00. The lowest BCUT2D eigenvalue weighted by Gasteiger charge is -1.95. The highest BCUT2D eigenvalue weighted by atomic mass is 35.5. The molecule has 1 aromatic heterocycles. The van der Waals surface area contributed by atoms with Crippen molar-refractivity contribution in [2.24, 2.45) is 0 Å². The zero-order chi connectivity index (χ0) is 11.2. The highest BCUT2D eigenvalue weighted by Crippen LogP contribution is 2.29. The monoisotopic (exact) mass is 225 g/mol. The number of ketones is 1. The molecule has 2 nitrogen and oxygen atoms in total. The van der Waals surface area contributed by atoms with Crippen molar-refractivity contribution >= 4 is 28.3 Å². The van der Waals surface area contributed by atoms with Crippen molar-refractivity contribution < 1.29 is 9.18 Å². The fourth-order valence-corrected chi connectivity index (χ4v) is 1.96. The summed E-state index contributed by atoms with van der Waals surface area (Å²) in [6.45, 7) is 3.23. The van der Waals surface area contributed by atoms with Gasteiger partial charge < -0.3 is 4.98 Å². The summed E-state index contributed by atoms with van der Waals surface area (Å²) in [6.07, 6.45) is 0. The Bertz CT molecular complexity index is 559. The molecule has 0 unspecified atom stereocenters. The summed E-state index contributed by atoms with van der Waals surface area (Å²) in [4.78, 5) is 14.2. The average Bonchev–Trinajstić information content (AvgIpc) is 2.44. The van der Waals surface area contributed by atoms with Crippen LogP contribution in [0.2, 0.25) is 5.02 Å². The third kappa shape index (κ3) is 1.53. The second-order valence-electron chi connectivity index (χ2n) is 3.49. The molecule has 0 radical (unpaired) electrons. The van der Waals surface area contributed by atoms with Crippen LogP contribution in [-0.2, 0) is 0 Å². The minimum atomic E-state index is -0.398. The van der Waals surface area contributed by atoms with Crippen molar-refractivity contribution in [2.75, 3.05) is 0 Å². The molecule has 1 aromatic carbocycles. The topological polar surface area (TPSA) is 32.9 Å². The molecule has 0 atom stereocenters. The third-order valence-corrected chi connectivity index (χ3v) is 2.73. The lowest BCUT2D eigenvalue weighted by molar-refractivity contribution is 0.101. The number of H-pyrrole nitrogens is 1. The van der Waals surface area contributed by atoms with E-state index in [9.17, 15) is 9.18 Å². The standard InChI is InChI=1S/C11H9ClFNO/c1-5-8-3-7(13)4-9(12)11(8)14-10(5)6(2)15/h3-4,14H,1-2H3. The number of nitrogens with one attached hydrogen (secondary N) is 1. The lowest BCUT2D eigenvalue weighted by atomic mass is 10.1. The molecule has 0 fully saturated rings. The number of aromatic nitrogens is 1. The van der Waals surface area contributed by atoms with Gasteiger partial charge in [-0.15, -0.1) is 0 Å². The molecule has 0 saturated heterocycles. The normalized spacial score (nSPS) is 10.9. The molecule has 78 valence electrons. The molecule has 1 N–H and O–H groups in total. The molecule has 0 aliphatic carbocycles. The van der Waals surface area contributed by atoms with Gasteiger partial charge in [0.1, 0.15) is 5.82 Å². The van der Waals surface area contributed by atoms with E-state index in [4.69, 9.17) is 11.6 Å². The van der Waals surface area contributed by atoms with Gasteiger partial charge >= 0.3 is 0 Å². The summed E-state index contributed by atoms with van der Waals surface area (Å²) in [5, 5.41) is 0.950. The van der Waals surface area contributed by atoms with E-state index in [0.717, 1.165) is 5.56 Å². The number of carbonyl (C=O) groups is 1. The van der Waals surface area contributed by atoms with Crippen LogP contribution < -0.4 is 0 Å². The fourth-order valence-electron chi connectivity index (χ4n) is 1.70. The quantitative estimate of drug-likeness (QED) is 0.741. The van der Waals surface area contributed by atoms with Crippen molar-refractivity contribution in [3.63, 3.8) is 0 Å². The van der Waals surface area contributed by atoms with E-state index in [1.54, 1.807) is 6.92 Å². The number of hydrogen-bond acceptors (Lipinski definition) is 1. The molecule has 0 aliphatic heterocycles. The number of benzene rings is 1. The van der Waals surface area contributed by atoms with Gasteiger partial charge in [-0.2, -0.15) is 0 Å². The summed E-state index contributed by atoms with van der Waals surface area (Å²) in [7, 11) is 0. The highest BCUT2D eigenvalue weighted by Gasteiger charge is 2.14. The number of Topliss-reactive ketones (excluding diaryl/α,β-unsaturated/α-hetero) is 1. The Morgan fingerprint density at radius 2 is 2.13 bits per heavy atom. The average molecular weight is 226 g/mol. The molecular weight excluding hydrogens is 217 g/mol. The number of carbonyl (C=O) groups excluding carboxylic acids is 1. The van der Waals surface area contributed by atoms with Crippen LogP contribution in [0.4, 0.5) is 4.39 Å². The fraction of sp³-hybridized carbons (Fsp3) is 0.182. The molecule has 2 aromatic rings. The minimum absolute atomic E-state index is 0.0832. The van der Waals surface area contributed by atoms with Crippen LogP contribution in [0.5, 0.6) is 0 Å². The SMILES string of the molecule is CC(=O)c1[nH]c2c(Cl)cc(F)cc2c1C. The van der Waals surface area contributed by atoms with Crippen LogP contribution in [0.3, 0.4) is 0 Å². The number of rotatable bonds is 1. The van der Waals surface area contributed by atoms with E-state index < -0.39 is 5.82 Å². The Morgan fingerprint density at radius 1 is 1.47 bits per heavy atom. The lowest BCUT2D eigenvalue weighted by Crippen LogP contribution is -1.93. The van der Waals surface area contributed by atoms with Crippen molar-refractivity contribution in [3.05, 3.63) is 34.2 Å². The largest absolute Gasteiger partial charge is 0.351 e. The van der Waals surface area contributed by atoms with E-state index in [1.807, 2.05) is 0 Å². The molecular formula is C11H9ClFNO. The van der Waals surface area contributed by atoms with Crippen LogP contribution in [0, 0.1) is 12.7 Å². The van der Waals surface area contributed by atoms with Gasteiger partial charge in [0.15, 0.2) is 5.78 Å². The first-order valence-corrected chi connectivity index (χ1v) is 4.86. The first kappa shape index (κ1) is 10.2. The summed E-state index contributed by atoms with van der Waals surface area (Å²) in [5.74, 6) is -0.482. The number of fused-ring (bicyclic) bond motifs is 1. The maximum atomic E-state index is 13.1. The van der Waals surface area contributed by atoms with Crippen molar-refractivity contribution in [1.29, 1.82) is 0 Å². The van der Waals surface area contributed by atoms with Gasteiger partial charge in [-0.3, -0.25) is 4.79 Å². The number of hydrogen-bond donors (Lipinski definition) is 1. The first-order valence-electron chi connectivity index (χ1n) is 4.49. The zero-order valence-corrected chi connectivity index (χ0v) is 9.07. The number of halogens is 2. The van der Waals surface area contributed by atoms with Gasteiger partial charge in [-0.05, 0) is 24.6 Å². The molecule has 2 rings (SSSR count). The maximum absolute atomic E-state index is 13.1. The Kier molecular flexibility index (Phi) is 2.27. The van der Waals surface area contributed by atoms with E-state index in [1.165, 1.54) is 19.1 Å². The van der Waals surface area contributed by atoms with Gasteiger partial charge in [0, 0.05) is 12.3 Å². The van der Waals surface area contributed by atoms with Gasteiger partial charge in [-0.25, -0.2) is 4.39 Å². The van der Waals surface area contributed by atoms with Gasteiger partial charge in [0.2, 0.25) is 0 Å². The number of aryl methyl sites for hydroxylation is 1. The van der Waals surface area contributed by atoms with Crippen molar-refractivity contribution in [2.45, 2.75) is 13.8 Å². The Morgan fingerprint density at radius 3 is 2.73 bits per heavy atom. The smallest absolute Gasteiger partial charge is 0.176 e.